The highest BCUT2D eigenvalue weighted by Crippen LogP contribution is 2.42. The van der Waals surface area contributed by atoms with Crippen LogP contribution in [0.5, 0.6) is 0 Å². The Morgan fingerprint density at radius 3 is 2.56 bits per heavy atom. The van der Waals surface area contributed by atoms with Gasteiger partial charge in [0.1, 0.15) is 0 Å². The number of benzene rings is 1. The maximum Gasteiger partial charge on any atom is 0.0624 e. The van der Waals surface area contributed by atoms with Crippen molar-refractivity contribution < 1.29 is 5.11 Å². The normalized spacial score (nSPS) is 18.6. The van der Waals surface area contributed by atoms with Gasteiger partial charge in [0.25, 0.3) is 0 Å². The van der Waals surface area contributed by atoms with Gasteiger partial charge in [-0.25, -0.2) is 0 Å². The Hall–Kier alpha value is -0.0300. The third-order valence-electron chi connectivity index (χ3n) is 3.48. The van der Waals surface area contributed by atoms with Crippen molar-refractivity contribution in [3.05, 3.63) is 28.7 Å². The minimum absolute atomic E-state index is 0.0908. The summed E-state index contributed by atoms with van der Waals surface area (Å²) in [5, 5.41) is 13.3. The van der Waals surface area contributed by atoms with Gasteiger partial charge in [0.05, 0.1) is 12.1 Å². The van der Waals surface area contributed by atoms with Crippen LogP contribution >= 0.6 is 27.7 Å². The van der Waals surface area contributed by atoms with Crippen LogP contribution in [0.2, 0.25) is 0 Å². The lowest BCUT2D eigenvalue weighted by Gasteiger charge is -2.33. The summed E-state index contributed by atoms with van der Waals surface area (Å²) in [6, 6.07) is 8.37. The second-order valence-electron chi connectivity index (χ2n) is 4.86. The topological polar surface area (TPSA) is 32.3 Å². The van der Waals surface area contributed by atoms with E-state index in [1.807, 2.05) is 11.8 Å². The van der Waals surface area contributed by atoms with Gasteiger partial charge in [-0.05, 0) is 49.6 Å². The van der Waals surface area contributed by atoms with Crippen LogP contribution in [0.4, 0.5) is 0 Å². The number of nitrogens with one attached hydrogen (secondary N) is 1. The Labute approximate surface area is 122 Å². The monoisotopic (exact) mass is 329 g/mol. The molecule has 1 saturated carbocycles. The number of aliphatic hydroxyl groups is 1. The summed E-state index contributed by atoms with van der Waals surface area (Å²) < 4.78 is 1.11. The first-order chi connectivity index (χ1) is 8.70. The highest BCUT2D eigenvalue weighted by Gasteiger charge is 2.44. The van der Waals surface area contributed by atoms with Crippen LogP contribution in [0.3, 0.4) is 0 Å². The van der Waals surface area contributed by atoms with Gasteiger partial charge < -0.3 is 10.4 Å². The van der Waals surface area contributed by atoms with E-state index in [1.165, 1.54) is 17.7 Å². The zero-order valence-corrected chi connectivity index (χ0v) is 13.1. The van der Waals surface area contributed by atoms with E-state index in [0.29, 0.717) is 5.92 Å². The maximum absolute atomic E-state index is 9.76. The Morgan fingerprint density at radius 2 is 2.06 bits per heavy atom. The van der Waals surface area contributed by atoms with E-state index in [4.69, 9.17) is 0 Å². The third kappa shape index (κ3) is 3.50. The fourth-order valence-corrected chi connectivity index (χ4v) is 3.72. The second kappa shape index (κ2) is 6.42. The zero-order valence-electron chi connectivity index (χ0n) is 10.7. The molecule has 2 nitrogen and oxygen atoms in total. The van der Waals surface area contributed by atoms with Crippen LogP contribution in [0.15, 0.2) is 33.6 Å². The largest absolute Gasteiger partial charge is 0.394 e. The van der Waals surface area contributed by atoms with Crippen molar-refractivity contribution in [1.82, 2.24) is 5.32 Å². The van der Waals surface area contributed by atoms with Crippen molar-refractivity contribution in [3.8, 4) is 0 Å². The number of halogens is 1. The molecule has 1 unspecified atom stereocenters. The lowest BCUT2D eigenvalue weighted by atomic mass is 9.97. The molecule has 0 saturated heterocycles. The first-order valence-electron chi connectivity index (χ1n) is 6.44. The van der Waals surface area contributed by atoms with E-state index in [0.717, 1.165) is 16.8 Å². The molecule has 2 N–H and O–H groups in total. The molecule has 0 radical (unpaired) electrons. The van der Waals surface area contributed by atoms with Crippen LogP contribution < -0.4 is 5.32 Å². The van der Waals surface area contributed by atoms with Crippen LogP contribution in [-0.4, -0.2) is 29.5 Å². The number of likely N-dealkylation sites (N-methyl/N-ethyl adjacent to an activating group) is 1. The number of aliphatic hydroxyl groups excluding tert-OH is 1. The summed E-state index contributed by atoms with van der Waals surface area (Å²) in [5.41, 5.74) is -0.0908. The van der Waals surface area contributed by atoms with Gasteiger partial charge in [0.15, 0.2) is 0 Å². The van der Waals surface area contributed by atoms with Crippen LogP contribution in [-0.2, 0) is 0 Å². The molecule has 0 spiro atoms. The summed E-state index contributed by atoms with van der Waals surface area (Å²) >= 11 is 5.27. The molecular weight excluding hydrogens is 310 g/mol. The van der Waals surface area contributed by atoms with Gasteiger partial charge in [-0.15, -0.1) is 11.8 Å². The summed E-state index contributed by atoms with van der Waals surface area (Å²) in [4.78, 5) is 1.26. The number of rotatable bonds is 7. The first-order valence-corrected chi connectivity index (χ1v) is 8.22. The van der Waals surface area contributed by atoms with E-state index < -0.39 is 0 Å². The third-order valence-corrected chi connectivity index (χ3v) is 5.27. The molecule has 4 heteroatoms. The van der Waals surface area contributed by atoms with E-state index in [9.17, 15) is 5.11 Å². The average Bonchev–Trinajstić information content (AvgIpc) is 3.21. The summed E-state index contributed by atoms with van der Waals surface area (Å²) in [6.07, 6.45) is 2.49. The molecule has 0 aromatic heterocycles. The Morgan fingerprint density at radius 1 is 1.39 bits per heavy atom. The van der Waals surface area contributed by atoms with E-state index in [1.54, 1.807) is 0 Å². The van der Waals surface area contributed by atoms with Crippen molar-refractivity contribution in [2.24, 2.45) is 5.92 Å². The standard InChI is InChI=1S/C14H20BrNOS/c1-2-16-14(9-17,11-3-4-11)10-18-13-7-5-12(15)6-8-13/h5-8,11,16-17H,2-4,9-10H2,1H3. The number of hydrogen-bond acceptors (Lipinski definition) is 3. The molecule has 1 fully saturated rings. The van der Waals surface area contributed by atoms with Crippen molar-refractivity contribution in [2.45, 2.75) is 30.2 Å². The molecule has 0 heterocycles. The quantitative estimate of drug-likeness (QED) is 0.753. The molecule has 1 atom stereocenters. The molecule has 2 rings (SSSR count). The SMILES string of the molecule is CCNC(CO)(CSc1ccc(Br)cc1)C1CC1. The van der Waals surface area contributed by atoms with Gasteiger partial charge >= 0.3 is 0 Å². The Balaban J connectivity index is 1.98. The first kappa shape index (κ1) is 14.4. The minimum atomic E-state index is -0.0908. The van der Waals surface area contributed by atoms with E-state index >= 15 is 0 Å². The molecule has 18 heavy (non-hydrogen) atoms. The lowest BCUT2D eigenvalue weighted by Crippen LogP contribution is -2.52. The fourth-order valence-electron chi connectivity index (χ4n) is 2.27. The Kier molecular flexibility index (Phi) is 5.13. The van der Waals surface area contributed by atoms with Gasteiger partial charge in [-0.1, -0.05) is 22.9 Å². The summed E-state index contributed by atoms with van der Waals surface area (Å²) in [5.74, 6) is 1.58. The summed E-state index contributed by atoms with van der Waals surface area (Å²) in [7, 11) is 0. The molecule has 100 valence electrons. The maximum atomic E-state index is 9.76. The predicted octanol–water partition coefficient (Wildman–Crippen LogP) is 3.29. The molecule has 1 aromatic carbocycles. The second-order valence-corrected chi connectivity index (χ2v) is 6.83. The van der Waals surface area contributed by atoms with Crippen molar-refractivity contribution in [3.63, 3.8) is 0 Å². The predicted molar refractivity (Wildman–Crippen MR) is 81.1 cm³/mol. The molecule has 1 aromatic rings. The molecular formula is C14H20BrNOS. The van der Waals surface area contributed by atoms with Crippen LogP contribution in [0.1, 0.15) is 19.8 Å². The smallest absolute Gasteiger partial charge is 0.0624 e. The van der Waals surface area contributed by atoms with E-state index in [2.05, 4.69) is 52.4 Å². The average molecular weight is 330 g/mol. The van der Waals surface area contributed by atoms with Crippen molar-refractivity contribution >= 4 is 27.7 Å². The van der Waals surface area contributed by atoms with Gasteiger partial charge in [0.2, 0.25) is 0 Å². The number of hydrogen-bond donors (Lipinski definition) is 2. The Bertz CT molecular complexity index is 380. The fraction of sp³-hybridized carbons (Fsp3) is 0.571. The van der Waals surface area contributed by atoms with Gasteiger partial charge in [-0.3, -0.25) is 0 Å². The number of thioether (sulfide) groups is 1. The molecule has 0 amide bonds. The van der Waals surface area contributed by atoms with E-state index in [-0.39, 0.29) is 12.1 Å². The van der Waals surface area contributed by atoms with Crippen molar-refractivity contribution in [2.75, 3.05) is 18.9 Å². The molecule has 1 aliphatic carbocycles. The lowest BCUT2D eigenvalue weighted by molar-refractivity contribution is 0.161. The van der Waals surface area contributed by atoms with Crippen LogP contribution in [0, 0.1) is 5.92 Å². The molecule has 0 bridgehead atoms. The zero-order chi connectivity index (χ0) is 13.0. The van der Waals surface area contributed by atoms with Gasteiger partial charge in [-0.2, -0.15) is 0 Å². The van der Waals surface area contributed by atoms with Crippen molar-refractivity contribution in [1.29, 1.82) is 0 Å². The molecule has 0 aliphatic heterocycles. The highest BCUT2D eigenvalue weighted by molar-refractivity contribution is 9.10. The van der Waals surface area contributed by atoms with Crippen LogP contribution in [0.25, 0.3) is 0 Å². The minimum Gasteiger partial charge on any atom is -0.394 e. The molecule has 1 aliphatic rings. The highest BCUT2D eigenvalue weighted by atomic mass is 79.9. The van der Waals surface area contributed by atoms with Gasteiger partial charge in [0, 0.05) is 15.1 Å². The summed E-state index contributed by atoms with van der Waals surface area (Å²) in [6.45, 7) is 3.25.